The van der Waals surface area contributed by atoms with Crippen LogP contribution in [0.4, 0.5) is 0 Å². The second-order valence-electron chi connectivity index (χ2n) is 8.42. The van der Waals surface area contributed by atoms with Gasteiger partial charge in [-0.05, 0) is 56.6 Å². The van der Waals surface area contributed by atoms with Gasteiger partial charge in [0.25, 0.3) is 0 Å². The van der Waals surface area contributed by atoms with Gasteiger partial charge in [-0.3, -0.25) is 4.79 Å². The van der Waals surface area contributed by atoms with Crippen molar-refractivity contribution in [1.82, 2.24) is 19.0 Å². The fraction of sp³-hybridized carbons (Fsp3) is 0.500. The van der Waals surface area contributed by atoms with Gasteiger partial charge in [0.1, 0.15) is 5.82 Å². The smallest absolute Gasteiger partial charge is 0.222 e. The second-order valence-corrected chi connectivity index (χ2v) is 8.42. The van der Waals surface area contributed by atoms with Crippen molar-refractivity contribution < 1.29 is 4.79 Å². The number of aromatic nitrogens is 3. The first-order chi connectivity index (χ1) is 14.1. The van der Waals surface area contributed by atoms with Crippen molar-refractivity contribution in [2.75, 3.05) is 13.1 Å². The Balaban J connectivity index is 1.20. The predicted molar refractivity (Wildman–Crippen MR) is 117 cm³/mol. The van der Waals surface area contributed by atoms with E-state index in [1.54, 1.807) is 0 Å². The molecule has 1 aliphatic rings. The van der Waals surface area contributed by atoms with Gasteiger partial charge in [-0.1, -0.05) is 18.2 Å². The number of imidazole rings is 1. The third-order valence-corrected chi connectivity index (χ3v) is 6.49. The van der Waals surface area contributed by atoms with Crippen LogP contribution in [0, 0.1) is 12.8 Å². The van der Waals surface area contributed by atoms with Crippen LogP contribution in [0.15, 0.2) is 42.9 Å². The number of piperidine rings is 1. The van der Waals surface area contributed by atoms with E-state index >= 15 is 0 Å². The lowest BCUT2D eigenvalue weighted by Gasteiger charge is -2.32. The molecule has 0 aliphatic carbocycles. The van der Waals surface area contributed by atoms with Crippen molar-refractivity contribution in [3.05, 3.63) is 54.2 Å². The molecule has 0 saturated carbocycles. The van der Waals surface area contributed by atoms with Gasteiger partial charge in [0.05, 0.1) is 0 Å². The molecule has 1 amide bonds. The quantitative estimate of drug-likeness (QED) is 0.600. The lowest BCUT2D eigenvalue weighted by molar-refractivity contribution is -0.132. The molecule has 1 aliphatic heterocycles. The summed E-state index contributed by atoms with van der Waals surface area (Å²) in [4.78, 5) is 19.0. The minimum absolute atomic E-state index is 0.328. The summed E-state index contributed by atoms with van der Waals surface area (Å²) in [5.41, 5.74) is 2.62. The number of carbonyl (C=O) groups excluding carboxylic acids is 1. The molecule has 3 aromatic rings. The number of rotatable bonds is 7. The van der Waals surface area contributed by atoms with Gasteiger partial charge in [0.2, 0.25) is 5.91 Å². The molecule has 29 heavy (non-hydrogen) atoms. The average Bonchev–Trinajstić information content (AvgIpc) is 3.30. The molecule has 154 valence electrons. The number of hydrogen-bond donors (Lipinski definition) is 0. The van der Waals surface area contributed by atoms with Crippen molar-refractivity contribution >= 4 is 16.8 Å². The highest BCUT2D eigenvalue weighted by Gasteiger charge is 2.22. The molecular weight excluding hydrogens is 360 g/mol. The standard InChI is InChI=1S/C24H32N4O/c1-19-25-13-17-27(19)14-10-20-11-15-28(16-12-20)24(29)9-5-6-21-18-26(2)23-8-4-3-7-22(21)23/h3-4,7-8,13,17-18,20H,5-6,9-12,14-16H2,1-2H3. The minimum Gasteiger partial charge on any atom is -0.350 e. The number of para-hydroxylation sites is 1. The summed E-state index contributed by atoms with van der Waals surface area (Å²) in [5, 5.41) is 1.32. The normalized spacial score (nSPS) is 15.3. The molecule has 1 saturated heterocycles. The summed E-state index contributed by atoms with van der Waals surface area (Å²) in [5.74, 6) is 2.13. The molecule has 5 nitrogen and oxygen atoms in total. The van der Waals surface area contributed by atoms with Crippen molar-refractivity contribution in [2.45, 2.75) is 52.0 Å². The number of aryl methyl sites for hydroxylation is 4. The van der Waals surface area contributed by atoms with E-state index in [0.717, 1.165) is 57.1 Å². The average molecular weight is 393 g/mol. The number of hydrogen-bond acceptors (Lipinski definition) is 2. The molecule has 3 heterocycles. The molecule has 0 spiro atoms. The third kappa shape index (κ3) is 4.55. The fourth-order valence-corrected chi connectivity index (χ4v) is 4.65. The van der Waals surface area contributed by atoms with Crippen LogP contribution in [-0.2, 0) is 24.8 Å². The molecule has 1 aromatic carbocycles. The molecule has 4 rings (SSSR count). The Labute approximate surface area is 173 Å². The summed E-state index contributed by atoms with van der Waals surface area (Å²) in [6.07, 6.45) is 12.1. The lowest BCUT2D eigenvalue weighted by atomic mass is 9.93. The monoisotopic (exact) mass is 392 g/mol. The summed E-state index contributed by atoms with van der Waals surface area (Å²) in [6.45, 7) is 4.93. The van der Waals surface area contributed by atoms with Gasteiger partial charge in [0, 0.05) is 62.6 Å². The highest BCUT2D eigenvalue weighted by atomic mass is 16.2. The maximum atomic E-state index is 12.7. The first-order valence-corrected chi connectivity index (χ1v) is 10.9. The number of amides is 1. The second kappa shape index (κ2) is 8.85. The Morgan fingerprint density at radius 3 is 2.76 bits per heavy atom. The van der Waals surface area contributed by atoms with Gasteiger partial charge in [0.15, 0.2) is 0 Å². The zero-order chi connectivity index (χ0) is 20.2. The topological polar surface area (TPSA) is 43.1 Å². The first kappa shape index (κ1) is 19.7. The summed E-state index contributed by atoms with van der Waals surface area (Å²) < 4.78 is 4.41. The maximum Gasteiger partial charge on any atom is 0.222 e. The van der Waals surface area contributed by atoms with E-state index in [2.05, 4.69) is 69.6 Å². The Kier molecular flexibility index (Phi) is 6.02. The summed E-state index contributed by atoms with van der Waals surface area (Å²) >= 11 is 0. The fourth-order valence-electron chi connectivity index (χ4n) is 4.65. The van der Waals surface area contributed by atoms with Crippen LogP contribution in [0.3, 0.4) is 0 Å². The van der Waals surface area contributed by atoms with Gasteiger partial charge < -0.3 is 14.0 Å². The van der Waals surface area contributed by atoms with Crippen molar-refractivity contribution in [2.24, 2.45) is 13.0 Å². The zero-order valence-electron chi connectivity index (χ0n) is 17.7. The largest absolute Gasteiger partial charge is 0.350 e. The Bertz CT molecular complexity index is 962. The maximum absolute atomic E-state index is 12.7. The van der Waals surface area contributed by atoms with Crippen LogP contribution >= 0.6 is 0 Å². The number of carbonyl (C=O) groups is 1. The molecule has 0 N–H and O–H groups in total. The predicted octanol–water partition coefficient (Wildman–Crippen LogP) is 4.33. The molecular formula is C24H32N4O. The van der Waals surface area contributed by atoms with E-state index in [1.165, 1.54) is 22.9 Å². The third-order valence-electron chi connectivity index (χ3n) is 6.49. The van der Waals surface area contributed by atoms with Gasteiger partial charge in [-0.15, -0.1) is 0 Å². The Hall–Kier alpha value is -2.56. The van der Waals surface area contributed by atoms with Crippen LogP contribution in [0.5, 0.6) is 0 Å². The van der Waals surface area contributed by atoms with E-state index in [1.807, 2.05) is 6.20 Å². The van der Waals surface area contributed by atoms with Gasteiger partial charge in [-0.25, -0.2) is 4.98 Å². The molecule has 0 atom stereocenters. The van der Waals surface area contributed by atoms with Gasteiger partial charge >= 0.3 is 0 Å². The van der Waals surface area contributed by atoms with E-state index in [4.69, 9.17) is 0 Å². The number of benzene rings is 1. The van der Waals surface area contributed by atoms with E-state index in [0.29, 0.717) is 12.3 Å². The van der Waals surface area contributed by atoms with Crippen molar-refractivity contribution in [1.29, 1.82) is 0 Å². The Morgan fingerprint density at radius 2 is 2.00 bits per heavy atom. The molecule has 5 heteroatoms. The highest BCUT2D eigenvalue weighted by molar-refractivity contribution is 5.84. The first-order valence-electron chi connectivity index (χ1n) is 10.9. The Morgan fingerprint density at radius 1 is 1.21 bits per heavy atom. The number of likely N-dealkylation sites (tertiary alicyclic amines) is 1. The number of fused-ring (bicyclic) bond motifs is 1. The van der Waals surface area contributed by atoms with Crippen LogP contribution in [-0.4, -0.2) is 38.0 Å². The van der Waals surface area contributed by atoms with Crippen LogP contribution in [0.2, 0.25) is 0 Å². The molecule has 0 bridgehead atoms. The van der Waals surface area contributed by atoms with E-state index in [-0.39, 0.29) is 0 Å². The van der Waals surface area contributed by atoms with E-state index < -0.39 is 0 Å². The SMILES string of the molecule is Cc1nccn1CCC1CCN(C(=O)CCCc2cn(C)c3ccccc23)CC1. The summed E-state index contributed by atoms with van der Waals surface area (Å²) in [6, 6.07) is 8.51. The summed E-state index contributed by atoms with van der Waals surface area (Å²) in [7, 11) is 2.09. The number of nitrogens with zero attached hydrogens (tertiary/aromatic N) is 4. The van der Waals surface area contributed by atoms with Crippen LogP contribution in [0.1, 0.15) is 43.5 Å². The minimum atomic E-state index is 0.328. The van der Waals surface area contributed by atoms with E-state index in [9.17, 15) is 4.79 Å². The van der Waals surface area contributed by atoms with Gasteiger partial charge in [-0.2, -0.15) is 0 Å². The van der Waals surface area contributed by atoms with Crippen molar-refractivity contribution in [3.63, 3.8) is 0 Å². The lowest BCUT2D eigenvalue weighted by Crippen LogP contribution is -2.38. The van der Waals surface area contributed by atoms with Crippen LogP contribution in [0.25, 0.3) is 10.9 Å². The zero-order valence-corrected chi connectivity index (χ0v) is 17.7. The molecule has 1 fully saturated rings. The highest BCUT2D eigenvalue weighted by Crippen LogP contribution is 2.24. The van der Waals surface area contributed by atoms with Crippen molar-refractivity contribution in [3.8, 4) is 0 Å². The van der Waals surface area contributed by atoms with Crippen LogP contribution < -0.4 is 0 Å². The molecule has 0 radical (unpaired) electrons. The molecule has 0 unspecified atom stereocenters. The molecule has 2 aromatic heterocycles.